The molecule has 0 radical (unpaired) electrons. The molecule has 0 aromatic rings. The Hall–Kier alpha value is 0.592. The molecule has 54 valence electrons. The predicted molar refractivity (Wildman–Crippen MR) is 42.7 cm³/mol. The van der Waals surface area contributed by atoms with Crippen LogP contribution in [0, 0.1) is 0 Å². The van der Waals surface area contributed by atoms with E-state index < -0.39 is 8.69 Å². The van der Waals surface area contributed by atoms with Crippen molar-refractivity contribution in [1.82, 2.24) is 0 Å². The second-order valence-electron chi connectivity index (χ2n) is 2.26. The van der Waals surface area contributed by atoms with E-state index in [0.29, 0.717) is 0 Å². The third kappa shape index (κ3) is 28.9. The van der Waals surface area contributed by atoms with Gasteiger partial charge in [0.25, 0.3) is 0 Å². The van der Waals surface area contributed by atoms with E-state index in [2.05, 4.69) is 13.8 Å². The van der Waals surface area contributed by atoms with Crippen LogP contribution in [-0.4, -0.2) is 21.2 Å². The van der Waals surface area contributed by atoms with Gasteiger partial charge in [0.05, 0.1) is 0 Å². The van der Waals surface area contributed by atoms with Gasteiger partial charge in [-0.1, -0.05) is 31.5 Å². The van der Waals surface area contributed by atoms with E-state index in [9.17, 15) is 0 Å². The van der Waals surface area contributed by atoms with Crippen LogP contribution < -0.4 is 0 Å². The van der Waals surface area contributed by atoms with Crippen LogP contribution in [0.25, 0.3) is 0 Å². The Labute approximate surface area is 66.4 Å². The molecule has 0 bridgehead atoms. The van der Waals surface area contributed by atoms with Crippen LogP contribution in [0.4, 0.5) is 0 Å². The maximum Gasteiger partial charge on any atom is 0.324 e. The number of hydrogen-bond donors (Lipinski definition) is 1. The molecule has 0 saturated carbocycles. The highest BCUT2D eigenvalue weighted by Crippen LogP contribution is 2.03. The van der Waals surface area contributed by atoms with Gasteiger partial charge < -0.3 is 4.89 Å². The van der Waals surface area contributed by atoms with E-state index >= 15 is 0 Å². The first kappa shape index (κ1) is 12.3. The first-order chi connectivity index (χ1) is 4.18. The van der Waals surface area contributed by atoms with Crippen molar-refractivity contribution in [2.24, 2.45) is 0 Å². The molecular weight excluding hydrogens is 150 g/mol. The van der Waals surface area contributed by atoms with Gasteiger partial charge in [-0.2, -0.15) is 0 Å². The van der Waals surface area contributed by atoms with E-state index in [4.69, 9.17) is 9.46 Å². The summed E-state index contributed by atoms with van der Waals surface area (Å²) in [6.07, 6.45) is 2.80. The Balaban J connectivity index is 0. The highest BCUT2D eigenvalue weighted by molar-refractivity contribution is 7.16. The third-order valence-electron chi connectivity index (χ3n) is 0.866. The molecule has 1 atom stereocenters. The zero-order valence-electron chi connectivity index (χ0n) is 6.29. The fourth-order valence-electron chi connectivity index (χ4n) is 0.577. The van der Waals surface area contributed by atoms with Crippen molar-refractivity contribution in [2.75, 3.05) is 0 Å². The molecule has 0 aromatic carbocycles. The molecule has 2 nitrogen and oxygen atoms in total. The Morgan fingerprint density at radius 2 is 2.11 bits per heavy atom. The summed E-state index contributed by atoms with van der Waals surface area (Å²) in [5, 5.41) is 0. The van der Waals surface area contributed by atoms with Crippen molar-refractivity contribution in [1.29, 1.82) is 0 Å². The van der Waals surface area contributed by atoms with Gasteiger partial charge >= 0.3 is 8.69 Å². The molecule has 0 aliphatic carbocycles. The van der Waals surface area contributed by atoms with Crippen molar-refractivity contribution in [2.45, 2.75) is 31.5 Å². The Morgan fingerprint density at radius 1 is 1.78 bits per heavy atom. The van der Waals surface area contributed by atoms with Gasteiger partial charge in [0.15, 0.2) is 0 Å². The number of hydrogen-bond acceptors (Lipinski definition) is 1. The monoisotopic (exact) mass is 164 g/mol. The SMILES string of the molecule is CCC[CH](C)[AlH2].O=PO. The minimum Gasteiger partial charge on any atom is -0.310 e. The maximum atomic E-state index is 8.46. The van der Waals surface area contributed by atoms with Crippen LogP contribution in [-0.2, 0) is 4.57 Å². The minimum atomic E-state index is -0.833. The lowest BCUT2D eigenvalue weighted by Gasteiger charge is -1.95. The Morgan fingerprint density at radius 3 is 2.11 bits per heavy atom. The molecule has 1 unspecified atom stereocenters. The molecular formula is C5H14AlO2P. The first-order valence-electron chi connectivity index (χ1n) is 3.15. The highest BCUT2D eigenvalue weighted by Gasteiger charge is 1.86. The number of rotatable bonds is 2. The summed E-state index contributed by atoms with van der Waals surface area (Å²) in [4.78, 5) is 6.99. The summed E-state index contributed by atoms with van der Waals surface area (Å²) < 4.78 is 9.50. The molecule has 0 saturated heterocycles. The lowest BCUT2D eigenvalue weighted by molar-refractivity contribution is 0.524. The quantitative estimate of drug-likeness (QED) is 0.495. The molecule has 0 heterocycles. The fraction of sp³-hybridized carbons (Fsp3) is 1.00. The summed E-state index contributed by atoms with van der Waals surface area (Å²) in [7, 11) is -0.833. The van der Waals surface area contributed by atoms with E-state index in [1.54, 1.807) is 0 Å². The van der Waals surface area contributed by atoms with Crippen LogP contribution in [0.15, 0.2) is 0 Å². The topological polar surface area (TPSA) is 37.3 Å². The second kappa shape index (κ2) is 11.4. The average molecular weight is 164 g/mol. The van der Waals surface area contributed by atoms with Gasteiger partial charge in [0.1, 0.15) is 0 Å². The van der Waals surface area contributed by atoms with Crippen LogP contribution in [0.2, 0.25) is 4.78 Å². The second-order valence-corrected chi connectivity index (χ2v) is 4.40. The van der Waals surface area contributed by atoms with Crippen molar-refractivity contribution in [3.63, 3.8) is 0 Å². The molecule has 0 fully saturated rings. The van der Waals surface area contributed by atoms with Gasteiger partial charge in [0.2, 0.25) is 16.3 Å². The molecule has 0 aromatic heterocycles. The van der Waals surface area contributed by atoms with Gasteiger partial charge in [-0.15, -0.1) is 0 Å². The normalized spacial score (nSPS) is 11.9. The van der Waals surface area contributed by atoms with Gasteiger partial charge in [-0.05, 0) is 0 Å². The molecule has 1 N–H and O–H groups in total. The van der Waals surface area contributed by atoms with E-state index in [1.807, 2.05) is 0 Å². The van der Waals surface area contributed by atoms with Crippen LogP contribution >= 0.6 is 8.69 Å². The fourth-order valence-corrected chi connectivity index (χ4v) is 1.15. The van der Waals surface area contributed by atoms with Crippen molar-refractivity contribution in [3.05, 3.63) is 0 Å². The van der Waals surface area contributed by atoms with Crippen molar-refractivity contribution >= 4 is 25.0 Å². The van der Waals surface area contributed by atoms with Crippen molar-refractivity contribution in [3.8, 4) is 0 Å². The summed E-state index contributed by atoms with van der Waals surface area (Å²) in [6.45, 7) is 4.56. The van der Waals surface area contributed by atoms with E-state index in [1.165, 1.54) is 29.1 Å². The van der Waals surface area contributed by atoms with Gasteiger partial charge in [0, 0.05) is 0 Å². The zero-order valence-corrected chi connectivity index (χ0v) is 9.19. The molecule has 0 spiro atoms. The Bertz CT molecular complexity index is 58.9. The molecule has 9 heavy (non-hydrogen) atoms. The molecule has 0 amide bonds. The summed E-state index contributed by atoms with van der Waals surface area (Å²) in [6, 6.07) is 0. The van der Waals surface area contributed by atoms with Crippen molar-refractivity contribution < 1.29 is 9.46 Å². The highest BCUT2D eigenvalue weighted by atomic mass is 31.1. The van der Waals surface area contributed by atoms with Gasteiger partial charge in [-0.25, -0.2) is 4.57 Å². The maximum absolute atomic E-state index is 8.46. The summed E-state index contributed by atoms with van der Waals surface area (Å²) in [5.41, 5.74) is 0. The molecule has 0 aliphatic rings. The Kier molecular flexibility index (Phi) is 15.6. The molecule has 4 heteroatoms. The summed E-state index contributed by atoms with van der Waals surface area (Å²) >= 11 is 1.38. The predicted octanol–water partition coefficient (Wildman–Crippen LogP) is 1.41. The summed E-state index contributed by atoms with van der Waals surface area (Å²) in [5.74, 6) is 0. The largest absolute Gasteiger partial charge is 0.324 e. The zero-order chi connectivity index (χ0) is 7.70. The lowest BCUT2D eigenvalue weighted by atomic mass is 10.3. The molecule has 0 rings (SSSR count). The standard InChI is InChI=1S/C5H11.Al.HO2P.2H/c1-3-5-4-2;;1-3-2;;/h3H,4-5H2,1-2H3;;(H,1,2);;. The molecule has 0 aliphatic heterocycles. The first-order valence-corrected chi connectivity index (χ1v) is 5.07. The third-order valence-corrected chi connectivity index (χ3v) is 1.44. The van der Waals surface area contributed by atoms with E-state index in [-0.39, 0.29) is 0 Å². The van der Waals surface area contributed by atoms with E-state index in [0.717, 1.165) is 4.78 Å². The smallest absolute Gasteiger partial charge is 0.310 e. The van der Waals surface area contributed by atoms with Crippen LogP contribution in [0.1, 0.15) is 26.7 Å². The van der Waals surface area contributed by atoms with Gasteiger partial charge in [-0.3, -0.25) is 0 Å². The lowest BCUT2D eigenvalue weighted by Crippen LogP contribution is -1.80. The minimum absolute atomic E-state index is 0.833. The average Bonchev–Trinajstić information content (AvgIpc) is 1.67. The van der Waals surface area contributed by atoms with Crippen LogP contribution in [0.5, 0.6) is 0 Å². The van der Waals surface area contributed by atoms with Crippen LogP contribution in [0.3, 0.4) is 0 Å².